The Morgan fingerprint density at radius 1 is 1.50 bits per heavy atom. The van der Waals surface area contributed by atoms with Gasteiger partial charge >= 0.3 is 0 Å². The van der Waals surface area contributed by atoms with E-state index in [0.717, 1.165) is 6.61 Å². The molecule has 1 saturated heterocycles. The fraction of sp³-hybridized carbons (Fsp3) is 1.00. The van der Waals surface area contributed by atoms with Crippen LogP contribution in [0.3, 0.4) is 0 Å². The van der Waals surface area contributed by atoms with E-state index in [1.54, 1.807) is 0 Å². The molecule has 1 fully saturated rings. The van der Waals surface area contributed by atoms with E-state index in [4.69, 9.17) is 4.74 Å². The lowest BCUT2D eigenvalue weighted by Crippen LogP contribution is -2.23. The Labute approximate surface area is 63.8 Å². The van der Waals surface area contributed by atoms with Crippen molar-refractivity contribution in [2.24, 2.45) is 5.41 Å². The Bertz CT molecular complexity index is 107. The van der Waals surface area contributed by atoms with Crippen LogP contribution >= 0.6 is 0 Å². The third kappa shape index (κ3) is 1.51. The topological polar surface area (TPSA) is 9.23 Å². The van der Waals surface area contributed by atoms with Gasteiger partial charge in [-0.2, -0.15) is 0 Å². The molecule has 0 N–H and O–H groups in total. The molecule has 1 nitrogen and oxygen atoms in total. The van der Waals surface area contributed by atoms with Crippen molar-refractivity contribution in [1.82, 2.24) is 0 Å². The van der Waals surface area contributed by atoms with Crippen molar-refractivity contribution < 1.29 is 4.74 Å². The zero-order valence-corrected chi connectivity index (χ0v) is 7.31. The molecular formula is C9H18O. The standard InChI is InChI=1S/C9H18O/c1-4-5-8-9(2,3)6-7-10-8/h8H,4-7H2,1-3H3. The summed E-state index contributed by atoms with van der Waals surface area (Å²) in [6.07, 6.45) is 4.23. The van der Waals surface area contributed by atoms with Crippen LogP contribution in [0.5, 0.6) is 0 Å². The average molecular weight is 142 g/mol. The first-order chi connectivity index (χ1) is 4.67. The first kappa shape index (κ1) is 8.06. The van der Waals surface area contributed by atoms with Gasteiger partial charge in [0.2, 0.25) is 0 Å². The molecule has 0 amide bonds. The number of ether oxygens (including phenoxy) is 1. The largest absolute Gasteiger partial charge is 0.378 e. The van der Waals surface area contributed by atoms with Crippen molar-refractivity contribution in [2.75, 3.05) is 6.61 Å². The van der Waals surface area contributed by atoms with Crippen LogP contribution in [0.2, 0.25) is 0 Å². The van der Waals surface area contributed by atoms with Gasteiger partial charge in [0.1, 0.15) is 0 Å². The summed E-state index contributed by atoms with van der Waals surface area (Å²) in [6, 6.07) is 0. The summed E-state index contributed by atoms with van der Waals surface area (Å²) in [5, 5.41) is 0. The minimum Gasteiger partial charge on any atom is -0.378 e. The maximum atomic E-state index is 5.61. The zero-order valence-electron chi connectivity index (χ0n) is 7.31. The second-order valence-corrected chi connectivity index (χ2v) is 3.89. The fourth-order valence-electron chi connectivity index (χ4n) is 1.59. The van der Waals surface area contributed by atoms with Gasteiger partial charge in [0.15, 0.2) is 0 Å². The molecule has 1 heterocycles. The van der Waals surface area contributed by atoms with Gasteiger partial charge in [0.25, 0.3) is 0 Å². The highest BCUT2D eigenvalue weighted by atomic mass is 16.5. The molecule has 0 aromatic carbocycles. The van der Waals surface area contributed by atoms with Gasteiger partial charge in [0, 0.05) is 6.61 Å². The van der Waals surface area contributed by atoms with Gasteiger partial charge < -0.3 is 4.74 Å². The van der Waals surface area contributed by atoms with Crippen LogP contribution in [0.25, 0.3) is 0 Å². The summed E-state index contributed by atoms with van der Waals surface area (Å²) in [7, 11) is 0. The molecule has 1 atom stereocenters. The summed E-state index contributed by atoms with van der Waals surface area (Å²) >= 11 is 0. The predicted octanol–water partition coefficient (Wildman–Crippen LogP) is 2.60. The van der Waals surface area contributed by atoms with Crippen LogP contribution in [0.4, 0.5) is 0 Å². The van der Waals surface area contributed by atoms with Crippen molar-refractivity contribution in [1.29, 1.82) is 0 Å². The lowest BCUT2D eigenvalue weighted by Gasteiger charge is -2.24. The van der Waals surface area contributed by atoms with Crippen molar-refractivity contribution in [3.05, 3.63) is 0 Å². The van der Waals surface area contributed by atoms with Gasteiger partial charge in [-0.05, 0) is 18.3 Å². The van der Waals surface area contributed by atoms with Crippen molar-refractivity contribution in [2.45, 2.75) is 46.1 Å². The van der Waals surface area contributed by atoms with Crippen LogP contribution in [-0.2, 0) is 4.74 Å². The number of rotatable bonds is 2. The molecule has 1 unspecified atom stereocenters. The summed E-state index contributed by atoms with van der Waals surface area (Å²) in [5.41, 5.74) is 0.440. The summed E-state index contributed by atoms with van der Waals surface area (Å²) in [4.78, 5) is 0. The van der Waals surface area contributed by atoms with E-state index in [1.807, 2.05) is 0 Å². The third-order valence-electron chi connectivity index (χ3n) is 2.49. The molecule has 0 aromatic rings. The second-order valence-electron chi connectivity index (χ2n) is 3.89. The highest BCUT2D eigenvalue weighted by Gasteiger charge is 2.34. The maximum absolute atomic E-state index is 5.61. The van der Waals surface area contributed by atoms with E-state index in [0.29, 0.717) is 11.5 Å². The first-order valence-corrected chi connectivity index (χ1v) is 4.28. The van der Waals surface area contributed by atoms with E-state index in [-0.39, 0.29) is 0 Å². The Morgan fingerprint density at radius 2 is 2.20 bits per heavy atom. The highest BCUT2D eigenvalue weighted by Crippen LogP contribution is 2.35. The lowest BCUT2D eigenvalue weighted by atomic mass is 9.84. The van der Waals surface area contributed by atoms with E-state index < -0.39 is 0 Å². The molecular weight excluding hydrogens is 124 g/mol. The number of hydrogen-bond acceptors (Lipinski definition) is 1. The smallest absolute Gasteiger partial charge is 0.0626 e. The van der Waals surface area contributed by atoms with Gasteiger partial charge in [-0.15, -0.1) is 0 Å². The quantitative estimate of drug-likeness (QED) is 0.576. The molecule has 1 aliphatic heterocycles. The Hall–Kier alpha value is -0.0400. The van der Waals surface area contributed by atoms with Crippen LogP contribution < -0.4 is 0 Å². The number of hydrogen-bond donors (Lipinski definition) is 0. The maximum Gasteiger partial charge on any atom is 0.0626 e. The average Bonchev–Trinajstić information content (AvgIpc) is 2.13. The molecule has 0 aromatic heterocycles. The monoisotopic (exact) mass is 142 g/mol. The minimum absolute atomic E-state index is 0.440. The van der Waals surface area contributed by atoms with E-state index >= 15 is 0 Å². The van der Waals surface area contributed by atoms with Crippen LogP contribution in [0, 0.1) is 5.41 Å². The van der Waals surface area contributed by atoms with E-state index in [9.17, 15) is 0 Å². The van der Waals surface area contributed by atoms with Gasteiger partial charge in [-0.25, -0.2) is 0 Å². The lowest BCUT2D eigenvalue weighted by molar-refractivity contribution is 0.0565. The van der Waals surface area contributed by atoms with Gasteiger partial charge in [-0.3, -0.25) is 0 Å². The van der Waals surface area contributed by atoms with Crippen molar-refractivity contribution in [3.8, 4) is 0 Å². The minimum atomic E-state index is 0.440. The summed E-state index contributed by atoms with van der Waals surface area (Å²) in [5.74, 6) is 0. The van der Waals surface area contributed by atoms with Gasteiger partial charge in [0.05, 0.1) is 6.10 Å². The van der Waals surface area contributed by atoms with Crippen LogP contribution in [0.15, 0.2) is 0 Å². The van der Waals surface area contributed by atoms with Gasteiger partial charge in [-0.1, -0.05) is 27.2 Å². The molecule has 0 aliphatic carbocycles. The normalized spacial score (nSPS) is 30.9. The predicted molar refractivity (Wildman–Crippen MR) is 43.0 cm³/mol. The Balaban J connectivity index is 2.43. The molecule has 1 rings (SSSR count). The SMILES string of the molecule is CCCC1OCCC1(C)C. The van der Waals surface area contributed by atoms with Crippen molar-refractivity contribution >= 4 is 0 Å². The molecule has 60 valence electrons. The van der Waals surface area contributed by atoms with Crippen LogP contribution in [-0.4, -0.2) is 12.7 Å². The third-order valence-corrected chi connectivity index (χ3v) is 2.49. The summed E-state index contributed by atoms with van der Waals surface area (Å²) in [6.45, 7) is 7.80. The van der Waals surface area contributed by atoms with E-state index in [2.05, 4.69) is 20.8 Å². The van der Waals surface area contributed by atoms with E-state index in [1.165, 1.54) is 19.3 Å². The molecule has 0 saturated carbocycles. The Morgan fingerprint density at radius 3 is 2.60 bits per heavy atom. The summed E-state index contributed by atoms with van der Waals surface area (Å²) < 4.78 is 5.61. The molecule has 0 bridgehead atoms. The zero-order chi connectivity index (χ0) is 7.61. The molecule has 1 heteroatoms. The molecule has 10 heavy (non-hydrogen) atoms. The molecule has 0 spiro atoms. The highest BCUT2D eigenvalue weighted by molar-refractivity contribution is 4.83. The Kier molecular flexibility index (Phi) is 2.35. The van der Waals surface area contributed by atoms with Crippen molar-refractivity contribution in [3.63, 3.8) is 0 Å². The first-order valence-electron chi connectivity index (χ1n) is 4.28. The fourth-order valence-corrected chi connectivity index (χ4v) is 1.59. The second kappa shape index (κ2) is 2.91. The molecule has 1 aliphatic rings. The molecule has 0 radical (unpaired) electrons. The van der Waals surface area contributed by atoms with Crippen LogP contribution in [0.1, 0.15) is 40.0 Å².